The molecule has 0 aliphatic heterocycles. The normalized spacial score (nSPS) is 11.4. The van der Waals surface area contributed by atoms with Gasteiger partial charge in [-0.3, -0.25) is 4.90 Å². The Bertz CT molecular complexity index is 216. The molecule has 0 heterocycles. The van der Waals surface area contributed by atoms with Gasteiger partial charge in [-0.2, -0.15) is 0 Å². The Kier molecular flexibility index (Phi) is 9.47. The summed E-state index contributed by atoms with van der Waals surface area (Å²) >= 11 is 0. The number of carbonyl (C=O) groups is 1. The van der Waals surface area contributed by atoms with Crippen molar-refractivity contribution in [2.45, 2.75) is 52.4 Å². The molecule has 0 saturated heterocycles. The number of amides is 1. The van der Waals surface area contributed by atoms with Crippen LogP contribution in [0.25, 0.3) is 0 Å². The topological polar surface area (TPSA) is 40.2 Å². The molecule has 0 bridgehead atoms. The van der Waals surface area contributed by atoms with E-state index < -0.39 is 6.09 Å². The van der Waals surface area contributed by atoms with E-state index in [0.717, 1.165) is 43.4 Å². The van der Waals surface area contributed by atoms with Crippen LogP contribution < -0.4 is 0 Å². The molecule has 0 atom stereocenters. The monoisotopic (exact) mass is 224 g/mol. The summed E-state index contributed by atoms with van der Waals surface area (Å²) in [7, 11) is 0. The molecule has 0 aromatic heterocycles. The zero-order chi connectivity index (χ0) is 12.2. The van der Waals surface area contributed by atoms with Gasteiger partial charge in [0.05, 0.1) is 0 Å². The Balaban J connectivity index is 4.01. The molecule has 0 rings (SSSR count). The van der Waals surface area contributed by atoms with Crippen molar-refractivity contribution in [3.8, 4) is 0 Å². The third-order valence-corrected chi connectivity index (χ3v) is 2.19. The first kappa shape index (κ1) is 14.8. The number of hydrogen-bond acceptors (Lipinski definition) is 1. The van der Waals surface area contributed by atoms with E-state index in [0.29, 0.717) is 0 Å². The van der Waals surface area contributed by atoms with E-state index in [1.165, 1.54) is 0 Å². The summed E-state index contributed by atoms with van der Waals surface area (Å²) in [6, 6.07) is 0. The van der Waals surface area contributed by atoms with E-state index in [4.69, 9.17) is 0 Å². The van der Waals surface area contributed by atoms with Gasteiger partial charge in [-0.05, 0) is 12.8 Å². The van der Waals surface area contributed by atoms with Gasteiger partial charge >= 0.3 is 6.09 Å². The van der Waals surface area contributed by atoms with Crippen LogP contribution in [-0.4, -0.2) is 11.0 Å². The fourth-order valence-electron chi connectivity index (χ4n) is 1.19. The molecule has 0 aliphatic rings. The fraction of sp³-hybridized carbons (Fsp3) is 0.615. The van der Waals surface area contributed by atoms with Crippen molar-refractivity contribution in [3.63, 3.8) is 0 Å². The zero-order valence-electron chi connectivity index (χ0n) is 10.3. The van der Waals surface area contributed by atoms with Gasteiger partial charge < -0.3 is 0 Å². The standard InChI is InChI=1S/C13H22NO2/c1-3-5-7-9-11-14(13(15)16)12-10-8-6-4-2/h9-12H,3-8H2,1-2H3/b11-9+,12-10+. The quantitative estimate of drug-likeness (QED) is 0.568. The molecule has 0 N–H and O–H groups in total. The Hall–Kier alpha value is -1.25. The number of hydrogen-bond donors (Lipinski definition) is 0. The van der Waals surface area contributed by atoms with Crippen molar-refractivity contribution in [3.05, 3.63) is 24.6 Å². The Labute approximate surface area is 98.5 Å². The van der Waals surface area contributed by atoms with Crippen molar-refractivity contribution < 1.29 is 9.90 Å². The van der Waals surface area contributed by atoms with Gasteiger partial charge in [0, 0.05) is 12.4 Å². The first-order valence-electron chi connectivity index (χ1n) is 6.05. The highest BCUT2D eigenvalue weighted by Gasteiger charge is 2.04. The third-order valence-electron chi connectivity index (χ3n) is 2.19. The van der Waals surface area contributed by atoms with E-state index in [1.54, 1.807) is 12.4 Å². The minimum absolute atomic E-state index is 0.906. The van der Waals surface area contributed by atoms with Crippen LogP contribution >= 0.6 is 0 Å². The molecule has 0 spiro atoms. The summed E-state index contributed by atoms with van der Waals surface area (Å²) in [6.07, 6.45) is 11.9. The third kappa shape index (κ3) is 8.09. The van der Waals surface area contributed by atoms with E-state index in [1.807, 2.05) is 12.2 Å². The van der Waals surface area contributed by atoms with Gasteiger partial charge in [0.25, 0.3) is 0 Å². The van der Waals surface area contributed by atoms with Gasteiger partial charge in [0.2, 0.25) is 0 Å². The first-order chi connectivity index (χ1) is 7.72. The lowest BCUT2D eigenvalue weighted by molar-refractivity contribution is 0.148. The summed E-state index contributed by atoms with van der Waals surface area (Å²) in [5.41, 5.74) is 0. The lowest BCUT2D eigenvalue weighted by Gasteiger charge is -2.06. The highest BCUT2D eigenvalue weighted by Crippen LogP contribution is 2.01. The lowest BCUT2D eigenvalue weighted by atomic mass is 10.2. The van der Waals surface area contributed by atoms with Crippen LogP contribution in [0.3, 0.4) is 0 Å². The SMILES string of the molecule is CCCC/C=C/N(/C=C/CCCC)C([O])=O. The Morgan fingerprint density at radius 1 is 1.00 bits per heavy atom. The number of unbranched alkanes of at least 4 members (excludes halogenated alkanes) is 4. The number of nitrogens with zero attached hydrogens (tertiary/aromatic N) is 1. The molecule has 0 fully saturated rings. The smallest absolute Gasteiger partial charge is 0.258 e. The number of carbonyl (C=O) groups excluding carboxylic acids is 1. The van der Waals surface area contributed by atoms with Crippen LogP contribution in [0.4, 0.5) is 4.79 Å². The maximum atomic E-state index is 10.7. The molecule has 0 aromatic carbocycles. The summed E-state index contributed by atoms with van der Waals surface area (Å²) in [5, 5.41) is 10.7. The maximum Gasteiger partial charge on any atom is 0.461 e. The molecule has 0 aromatic rings. The van der Waals surface area contributed by atoms with Crippen molar-refractivity contribution in [2.24, 2.45) is 0 Å². The average Bonchev–Trinajstić information content (AvgIpc) is 2.26. The van der Waals surface area contributed by atoms with Crippen molar-refractivity contribution in [1.29, 1.82) is 0 Å². The molecule has 16 heavy (non-hydrogen) atoms. The Morgan fingerprint density at radius 2 is 1.44 bits per heavy atom. The maximum absolute atomic E-state index is 10.7. The highest BCUT2D eigenvalue weighted by atomic mass is 16.4. The van der Waals surface area contributed by atoms with Gasteiger partial charge in [-0.1, -0.05) is 51.7 Å². The van der Waals surface area contributed by atoms with Crippen LogP contribution in [-0.2, 0) is 5.11 Å². The molecule has 3 nitrogen and oxygen atoms in total. The first-order valence-corrected chi connectivity index (χ1v) is 6.05. The molecular weight excluding hydrogens is 202 g/mol. The average molecular weight is 224 g/mol. The summed E-state index contributed by atoms with van der Waals surface area (Å²) in [6.45, 7) is 4.21. The van der Waals surface area contributed by atoms with E-state index in [2.05, 4.69) is 13.8 Å². The summed E-state index contributed by atoms with van der Waals surface area (Å²) < 4.78 is 0. The summed E-state index contributed by atoms with van der Waals surface area (Å²) in [4.78, 5) is 11.8. The highest BCUT2D eigenvalue weighted by molar-refractivity contribution is 5.67. The second kappa shape index (κ2) is 10.3. The van der Waals surface area contributed by atoms with Crippen LogP contribution in [0.1, 0.15) is 52.4 Å². The van der Waals surface area contributed by atoms with Crippen molar-refractivity contribution >= 4 is 6.09 Å². The predicted octanol–water partition coefficient (Wildman–Crippen LogP) is 4.25. The second-order valence-electron chi connectivity index (χ2n) is 3.73. The number of rotatable bonds is 8. The van der Waals surface area contributed by atoms with E-state index >= 15 is 0 Å². The molecule has 0 aliphatic carbocycles. The van der Waals surface area contributed by atoms with Crippen LogP contribution in [0.2, 0.25) is 0 Å². The molecule has 0 unspecified atom stereocenters. The fourth-order valence-corrected chi connectivity index (χ4v) is 1.19. The van der Waals surface area contributed by atoms with Crippen molar-refractivity contribution in [2.75, 3.05) is 0 Å². The van der Waals surface area contributed by atoms with Gasteiger partial charge in [0.1, 0.15) is 0 Å². The van der Waals surface area contributed by atoms with Crippen molar-refractivity contribution in [1.82, 2.24) is 4.90 Å². The minimum Gasteiger partial charge on any atom is -0.258 e. The largest absolute Gasteiger partial charge is 0.461 e. The second-order valence-corrected chi connectivity index (χ2v) is 3.73. The molecule has 1 amide bonds. The van der Waals surface area contributed by atoms with Gasteiger partial charge in [0.15, 0.2) is 0 Å². The molecule has 0 saturated carbocycles. The minimum atomic E-state index is -1.18. The van der Waals surface area contributed by atoms with Gasteiger partial charge in [-0.25, -0.2) is 9.90 Å². The van der Waals surface area contributed by atoms with Crippen LogP contribution in [0.5, 0.6) is 0 Å². The zero-order valence-corrected chi connectivity index (χ0v) is 10.3. The molecular formula is C13H22NO2. The Morgan fingerprint density at radius 3 is 1.75 bits per heavy atom. The molecule has 91 valence electrons. The summed E-state index contributed by atoms with van der Waals surface area (Å²) in [5.74, 6) is 0. The number of allylic oxidation sites excluding steroid dienone is 2. The van der Waals surface area contributed by atoms with E-state index in [-0.39, 0.29) is 0 Å². The molecule has 3 heteroatoms. The van der Waals surface area contributed by atoms with E-state index in [9.17, 15) is 9.90 Å². The van der Waals surface area contributed by atoms with Crippen LogP contribution in [0, 0.1) is 0 Å². The lowest BCUT2D eigenvalue weighted by Crippen LogP contribution is -2.15. The predicted molar refractivity (Wildman–Crippen MR) is 65.3 cm³/mol. The van der Waals surface area contributed by atoms with Crippen LogP contribution in [0.15, 0.2) is 24.6 Å². The molecule has 1 radical (unpaired) electrons. The van der Waals surface area contributed by atoms with Gasteiger partial charge in [-0.15, -0.1) is 0 Å².